The lowest BCUT2D eigenvalue weighted by atomic mass is 10.0. The molecular formula is C17H25NO9S2. The van der Waals surface area contributed by atoms with Crippen molar-refractivity contribution in [2.24, 2.45) is 0 Å². The highest BCUT2D eigenvalue weighted by Gasteiger charge is 2.42. The highest BCUT2D eigenvalue weighted by Crippen LogP contribution is 2.26. The van der Waals surface area contributed by atoms with Crippen molar-refractivity contribution in [2.45, 2.75) is 44.5 Å². The molecule has 1 aliphatic heterocycles. The summed E-state index contributed by atoms with van der Waals surface area (Å²) in [6, 6.07) is 8.50. The second-order valence-electron chi connectivity index (χ2n) is 6.71. The van der Waals surface area contributed by atoms with Gasteiger partial charge in [-0.2, -0.15) is 16.8 Å². The van der Waals surface area contributed by atoms with E-state index >= 15 is 0 Å². The van der Waals surface area contributed by atoms with E-state index in [0.29, 0.717) is 0 Å². The fraction of sp³-hybridized carbons (Fsp3) is 0.588. The molecule has 12 heteroatoms. The maximum atomic E-state index is 11.6. The van der Waals surface area contributed by atoms with Crippen molar-refractivity contribution in [2.75, 3.05) is 19.1 Å². The second kappa shape index (κ2) is 9.96. The topological polar surface area (TPSA) is 134 Å². The van der Waals surface area contributed by atoms with E-state index in [1.54, 1.807) is 0 Å². The molecule has 1 aromatic carbocycles. The first-order chi connectivity index (χ1) is 13.4. The standard InChI is InChI=1S/C17H25NO9S2/c1-12(19)18-14-9-15(27-29(3,22)23)16(11-25-28(2,20)21)26-17(14)24-10-13-7-5-4-6-8-13/h4-8,14-17H,9-11H2,1-3H3,(H,18,19)/t14-,15+,16-,17+/m1/s1. The third-order valence-corrected chi connectivity index (χ3v) is 5.09. The van der Waals surface area contributed by atoms with Gasteiger partial charge in [0.15, 0.2) is 6.29 Å². The summed E-state index contributed by atoms with van der Waals surface area (Å²) in [6.07, 6.45) is -1.33. The molecule has 0 bridgehead atoms. The molecule has 4 atom stereocenters. The zero-order valence-electron chi connectivity index (χ0n) is 16.3. The molecule has 1 amide bonds. The average molecular weight is 452 g/mol. The molecule has 1 aliphatic rings. The van der Waals surface area contributed by atoms with Gasteiger partial charge in [-0.3, -0.25) is 13.2 Å². The van der Waals surface area contributed by atoms with Crippen LogP contribution < -0.4 is 5.32 Å². The van der Waals surface area contributed by atoms with E-state index in [-0.39, 0.29) is 18.9 Å². The summed E-state index contributed by atoms with van der Waals surface area (Å²) in [5.41, 5.74) is 0.858. The molecule has 1 fully saturated rings. The zero-order valence-corrected chi connectivity index (χ0v) is 17.9. The number of benzene rings is 1. The molecule has 164 valence electrons. The van der Waals surface area contributed by atoms with Crippen LogP contribution in [0.1, 0.15) is 18.9 Å². The van der Waals surface area contributed by atoms with Crippen molar-refractivity contribution in [3.05, 3.63) is 35.9 Å². The van der Waals surface area contributed by atoms with Crippen molar-refractivity contribution in [1.82, 2.24) is 5.32 Å². The minimum absolute atomic E-state index is 0.0178. The molecule has 0 radical (unpaired) electrons. The molecule has 0 spiro atoms. The summed E-state index contributed by atoms with van der Waals surface area (Å²) in [4.78, 5) is 11.6. The molecule has 0 aliphatic carbocycles. The van der Waals surface area contributed by atoms with E-state index in [0.717, 1.165) is 18.1 Å². The lowest BCUT2D eigenvalue weighted by Gasteiger charge is -2.40. The monoisotopic (exact) mass is 451 g/mol. The van der Waals surface area contributed by atoms with Crippen LogP contribution in [0.5, 0.6) is 0 Å². The molecule has 29 heavy (non-hydrogen) atoms. The largest absolute Gasteiger partial charge is 0.348 e. The van der Waals surface area contributed by atoms with Crippen LogP contribution in [-0.4, -0.2) is 66.4 Å². The number of nitrogens with one attached hydrogen (secondary N) is 1. The van der Waals surface area contributed by atoms with Crippen molar-refractivity contribution >= 4 is 26.1 Å². The number of rotatable bonds is 9. The lowest BCUT2D eigenvalue weighted by Crippen LogP contribution is -2.57. The van der Waals surface area contributed by atoms with E-state index in [1.165, 1.54) is 6.92 Å². The van der Waals surface area contributed by atoms with E-state index in [1.807, 2.05) is 30.3 Å². The Hall–Kier alpha value is -1.57. The molecule has 10 nitrogen and oxygen atoms in total. The summed E-state index contributed by atoms with van der Waals surface area (Å²) in [7, 11) is -7.67. The molecule has 0 unspecified atom stereocenters. The highest BCUT2D eigenvalue weighted by atomic mass is 32.2. The normalized spacial score (nSPS) is 25.5. The summed E-state index contributed by atoms with van der Waals surface area (Å²) < 4.78 is 67.3. The van der Waals surface area contributed by atoms with Gasteiger partial charge in [-0.25, -0.2) is 0 Å². The zero-order chi connectivity index (χ0) is 21.7. The Morgan fingerprint density at radius 3 is 2.34 bits per heavy atom. The fourth-order valence-corrected chi connectivity index (χ4v) is 3.86. The van der Waals surface area contributed by atoms with E-state index < -0.39 is 51.4 Å². The summed E-state index contributed by atoms with van der Waals surface area (Å²) in [5.74, 6) is -0.365. The van der Waals surface area contributed by atoms with E-state index in [9.17, 15) is 21.6 Å². The molecule has 0 aromatic heterocycles. The fourth-order valence-electron chi connectivity index (χ4n) is 2.83. The molecule has 1 heterocycles. The number of ether oxygens (including phenoxy) is 2. The first-order valence-corrected chi connectivity index (χ1v) is 12.4. The summed E-state index contributed by atoms with van der Waals surface area (Å²) in [5, 5.41) is 2.65. The maximum Gasteiger partial charge on any atom is 0.264 e. The Kier molecular flexibility index (Phi) is 8.14. The Morgan fingerprint density at radius 2 is 1.79 bits per heavy atom. The van der Waals surface area contributed by atoms with Gasteiger partial charge < -0.3 is 14.8 Å². The Bertz CT molecular complexity index is 887. The van der Waals surface area contributed by atoms with Crippen LogP contribution in [0.3, 0.4) is 0 Å². The van der Waals surface area contributed by atoms with Gasteiger partial charge >= 0.3 is 0 Å². The SMILES string of the molecule is CC(=O)N[C@@H]1C[C@H](OS(C)(=O)=O)[C@@H](COS(C)(=O)=O)O[C@@H]1OCc1ccccc1. The molecule has 2 rings (SSSR count). The lowest BCUT2D eigenvalue weighted by molar-refractivity contribution is -0.239. The van der Waals surface area contributed by atoms with Crippen molar-refractivity contribution < 1.29 is 39.5 Å². The molecule has 1 N–H and O–H groups in total. The van der Waals surface area contributed by atoms with Crippen LogP contribution in [0.25, 0.3) is 0 Å². The van der Waals surface area contributed by atoms with Gasteiger partial charge in [0.1, 0.15) is 12.2 Å². The van der Waals surface area contributed by atoms with Gasteiger partial charge in [-0.1, -0.05) is 30.3 Å². The summed E-state index contributed by atoms with van der Waals surface area (Å²) in [6.45, 7) is 1.01. The Morgan fingerprint density at radius 1 is 1.14 bits per heavy atom. The minimum atomic E-state index is -3.87. The van der Waals surface area contributed by atoms with Crippen molar-refractivity contribution in [1.29, 1.82) is 0 Å². The maximum absolute atomic E-state index is 11.6. The first-order valence-electron chi connectivity index (χ1n) is 8.74. The quantitative estimate of drug-likeness (QED) is 0.520. The predicted octanol–water partition coefficient (Wildman–Crippen LogP) is 0.144. The van der Waals surface area contributed by atoms with Crippen LogP contribution in [0.15, 0.2) is 30.3 Å². The Labute approximate surface area is 170 Å². The van der Waals surface area contributed by atoms with Gasteiger partial charge in [0.05, 0.1) is 31.8 Å². The van der Waals surface area contributed by atoms with Gasteiger partial charge in [0.25, 0.3) is 20.2 Å². The van der Waals surface area contributed by atoms with Crippen molar-refractivity contribution in [3.8, 4) is 0 Å². The smallest absolute Gasteiger partial charge is 0.264 e. The number of amides is 1. The van der Waals surface area contributed by atoms with Gasteiger partial charge in [0, 0.05) is 13.3 Å². The van der Waals surface area contributed by atoms with Gasteiger partial charge in [0.2, 0.25) is 5.91 Å². The average Bonchev–Trinajstić information content (AvgIpc) is 2.58. The van der Waals surface area contributed by atoms with Crippen LogP contribution in [0.2, 0.25) is 0 Å². The van der Waals surface area contributed by atoms with Crippen LogP contribution >= 0.6 is 0 Å². The van der Waals surface area contributed by atoms with Crippen LogP contribution in [0.4, 0.5) is 0 Å². The molecule has 1 saturated heterocycles. The van der Waals surface area contributed by atoms with E-state index in [2.05, 4.69) is 5.32 Å². The molecular weight excluding hydrogens is 426 g/mol. The predicted molar refractivity (Wildman–Crippen MR) is 103 cm³/mol. The van der Waals surface area contributed by atoms with Gasteiger partial charge in [-0.05, 0) is 5.56 Å². The number of hydrogen-bond acceptors (Lipinski definition) is 9. The molecule has 0 saturated carbocycles. The summed E-state index contributed by atoms with van der Waals surface area (Å²) >= 11 is 0. The molecule has 1 aromatic rings. The Balaban J connectivity index is 2.18. The second-order valence-corrected chi connectivity index (χ2v) is 9.95. The van der Waals surface area contributed by atoms with Crippen LogP contribution in [0, 0.1) is 0 Å². The van der Waals surface area contributed by atoms with E-state index in [4.69, 9.17) is 17.8 Å². The third-order valence-electron chi connectivity index (χ3n) is 3.93. The highest BCUT2D eigenvalue weighted by molar-refractivity contribution is 7.86. The van der Waals surface area contributed by atoms with Crippen LogP contribution in [-0.2, 0) is 49.5 Å². The number of carbonyl (C=O) groups excluding carboxylic acids is 1. The van der Waals surface area contributed by atoms with Gasteiger partial charge in [-0.15, -0.1) is 0 Å². The number of hydrogen-bond donors (Lipinski definition) is 1. The minimum Gasteiger partial charge on any atom is -0.348 e. The third kappa shape index (κ3) is 8.76. The first kappa shape index (κ1) is 23.7. The number of carbonyl (C=O) groups is 1. The van der Waals surface area contributed by atoms with Crippen molar-refractivity contribution in [3.63, 3.8) is 0 Å².